The molecule has 0 fully saturated rings. The number of hydrogen-bond acceptors (Lipinski definition) is 4. The Labute approximate surface area is 72.1 Å². The third-order valence-electron chi connectivity index (χ3n) is 1.48. The Balaban J connectivity index is 2.50. The van der Waals surface area contributed by atoms with Crippen LogP contribution in [0, 0.1) is 0 Å². The summed E-state index contributed by atoms with van der Waals surface area (Å²) in [5.41, 5.74) is 0. The number of aromatic nitrogens is 3. The van der Waals surface area contributed by atoms with Crippen molar-refractivity contribution >= 4 is 17.7 Å². The van der Waals surface area contributed by atoms with Gasteiger partial charge in [0.2, 0.25) is 5.82 Å². The number of hydrogen-bond donors (Lipinski definition) is 1. The fraction of sp³-hybridized carbons (Fsp3) is 0.167. The van der Waals surface area contributed by atoms with Crippen LogP contribution in [0.3, 0.4) is 0 Å². The minimum Gasteiger partial charge on any atom is -0.475 e. The van der Waals surface area contributed by atoms with E-state index >= 15 is 0 Å². The number of carbonyl (C=O) groups is 1. The van der Waals surface area contributed by atoms with Gasteiger partial charge in [0.25, 0.3) is 0 Å². The molecule has 1 aliphatic rings. The molecule has 1 N–H and O–H groups in total. The maximum Gasteiger partial charge on any atom is 0.374 e. The molecule has 2 rings (SSSR count). The average Bonchev–Trinajstić information content (AvgIpc) is 2.43. The van der Waals surface area contributed by atoms with Crippen molar-refractivity contribution in [1.82, 2.24) is 14.8 Å². The van der Waals surface area contributed by atoms with Gasteiger partial charge in [-0.1, -0.05) is 18.3 Å². The fourth-order valence-corrected chi connectivity index (χ4v) is 1.80. The van der Waals surface area contributed by atoms with Gasteiger partial charge in [-0.15, -0.1) is 10.2 Å². The maximum atomic E-state index is 10.6. The molecule has 0 saturated carbocycles. The van der Waals surface area contributed by atoms with E-state index in [1.165, 1.54) is 16.3 Å². The van der Waals surface area contributed by atoms with Gasteiger partial charge < -0.3 is 5.11 Å². The molecule has 0 bridgehead atoms. The van der Waals surface area contributed by atoms with Gasteiger partial charge in [-0.05, 0) is 0 Å². The Morgan fingerprint density at radius 2 is 2.42 bits per heavy atom. The van der Waals surface area contributed by atoms with Crippen LogP contribution >= 0.6 is 11.8 Å². The number of carboxylic acids is 1. The lowest BCUT2D eigenvalue weighted by Crippen LogP contribution is -2.07. The van der Waals surface area contributed by atoms with Crippen molar-refractivity contribution in [2.24, 2.45) is 0 Å². The highest BCUT2D eigenvalue weighted by Gasteiger charge is 2.24. The summed E-state index contributed by atoms with van der Waals surface area (Å²) in [4.78, 5) is 11.5. The molecule has 12 heavy (non-hydrogen) atoms. The zero-order valence-electron chi connectivity index (χ0n) is 6.02. The Kier molecular flexibility index (Phi) is 1.44. The van der Waals surface area contributed by atoms with E-state index in [0.717, 1.165) is 4.91 Å². The van der Waals surface area contributed by atoms with E-state index in [0.29, 0.717) is 11.7 Å². The Bertz CT molecular complexity index is 371. The summed E-state index contributed by atoms with van der Waals surface area (Å²) in [5, 5.41) is 16.5. The van der Waals surface area contributed by atoms with Crippen LogP contribution in [0.25, 0.3) is 0 Å². The lowest BCUT2D eigenvalue weighted by molar-refractivity contribution is 0.0677. The molecule has 1 aliphatic heterocycles. The zero-order chi connectivity index (χ0) is 8.72. The Hall–Kier alpha value is -1.30. The second-order valence-corrected chi connectivity index (χ2v) is 3.48. The Morgan fingerprint density at radius 3 is 3.08 bits per heavy atom. The van der Waals surface area contributed by atoms with E-state index in [-0.39, 0.29) is 5.82 Å². The largest absolute Gasteiger partial charge is 0.475 e. The molecular formula is C6H5N3O2S. The van der Waals surface area contributed by atoms with Crippen LogP contribution in [0.2, 0.25) is 0 Å². The lowest BCUT2D eigenvalue weighted by atomic mass is 10.5. The molecule has 6 heteroatoms. The first-order chi connectivity index (χ1) is 5.68. The number of nitrogens with zero attached hydrogens (tertiary/aromatic N) is 3. The van der Waals surface area contributed by atoms with E-state index in [1.54, 1.807) is 0 Å². The average molecular weight is 183 g/mol. The molecule has 0 saturated heterocycles. The number of carboxylic acid groups (broad SMARTS) is 1. The highest BCUT2D eigenvalue weighted by Crippen LogP contribution is 2.32. The third kappa shape index (κ3) is 0.918. The van der Waals surface area contributed by atoms with Crippen LogP contribution < -0.4 is 0 Å². The summed E-state index contributed by atoms with van der Waals surface area (Å²) in [6.07, 6.45) is 0. The molecular weight excluding hydrogens is 178 g/mol. The number of rotatable bonds is 1. The van der Waals surface area contributed by atoms with Gasteiger partial charge >= 0.3 is 5.97 Å². The predicted molar refractivity (Wildman–Crippen MR) is 42.0 cm³/mol. The molecule has 0 spiro atoms. The molecule has 1 aromatic heterocycles. The van der Waals surface area contributed by atoms with Crippen LogP contribution in [0.5, 0.6) is 0 Å². The molecule has 62 valence electrons. The SMILES string of the molecule is C=C1Cn2c(nnc2C(=O)O)S1. The first-order valence-corrected chi connectivity index (χ1v) is 4.02. The summed E-state index contributed by atoms with van der Waals surface area (Å²) in [6.45, 7) is 4.22. The molecule has 0 aliphatic carbocycles. The molecule has 0 atom stereocenters. The molecule has 2 heterocycles. The highest BCUT2D eigenvalue weighted by molar-refractivity contribution is 8.03. The van der Waals surface area contributed by atoms with Crippen molar-refractivity contribution in [3.05, 3.63) is 17.3 Å². The number of aromatic carboxylic acids is 1. The molecule has 0 unspecified atom stereocenters. The number of thioether (sulfide) groups is 1. The van der Waals surface area contributed by atoms with Crippen molar-refractivity contribution < 1.29 is 9.90 Å². The second-order valence-electron chi connectivity index (χ2n) is 2.34. The predicted octanol–water partition coefficient (Wildman–Crippen LogP) is 0.596. The minimum absolute atomic E-state index is 0.0175. The smallest absolute Gasteiger partial charge is 0.374 e. The van der Waals surface area contributed by atoms with E-state index in [4.69, 9.17) is 5.11 Å². The normalized spacial score (nSPS) is 14.8. The quantitative estimate of drug-likeness (QED) is 0.690. The highest BCUT2D eigenvalue weighted by atomic mass is 32.2. The molecule has 5 nitrogen and oxygen atoms in total. The van der Waals surface area contributed by atoms with Crippen LogP contribution in [-0.2, 0) is 6.54 Å². The van der Waals surface area contributed by atoms with Crippen LogP contribution in [0.4, 0.5) is 0 Å². The van der Waals surface area contributed by atoms with E-state index in [9.17, 15) is 4.79 Å². The summed E-state index contributed by atoms with van der Waals surface area (Å²) in [5.74, 6) is -1.07. The number of allylic oxidation sites excluding steroid dienone is 1. The second kappa shape index (κ2) is 2.34. The molecule has 1 aromatic rings. The number of fused-ring (bicyclic) bond motifs is 1. The van der Waals surface area contributed by atoms with Crippen molar-refractivity contribution in [1.29, 1.82) is 0 Å². The molecule has 0 amide bonds. The van der Waals surface area contributed by atoms with Crippen molar-refractivity contribution in [2.45, 2.75) is 11.7 Å². The van der Waals surface area contributed by atoms with Crippen molar-refractivity contribution in [3.8, 4) is 0 Å². The van der Waals surface area contributed by atoms with Gasteiger partial charge in [0.1, 0.15) is 0 Å². The van der Waals surface area contributed by atoms with Crippen molar-refractivity contribution in [3.63, 3.8) is 0 Å². The van der Waals surface area contributed by atoms with Gasteiger partial charge in [0.05, 0.1) is 6.54 Å². The fourth-order valence-electron chi connectivity index (χ4n) is 1.00. The lowest BCUT2D eigenvalue weighted by Gasteiger charge is -1.94. The van der Waals surface area contributed by atoms with Gasteiger partial charge in [-0.2, -0.15) is 0 Å². The standard InChI is InChI=1S/C6H5N3O2S/c1-3-2-9-4(5(10)11)7-8-6(9)12-3/h1-2H2,(H,10,11). The summed E-state index contributed by atoms with van der Waals surface area (Å²) >= 11 is 1.36. The summed E-state index contributed by atoms with van der Waals surface area (Å²) < 4.78 is 1.54. The van der Waals surface area contributed by atoms with Crippen molar-refractivity contribution in [2.75, 3.05) is 0 Å². The first kappa shape index (κ1) is 7.35. The van der Waals surface area contributed by atoms with Crippen LogP contribution in [0.1, 0.15) is 10.6 Å². The van der Waals surface area contributed by atoms with E-state index in [2.05, 4.69) is 16.8 Å². The van der Waals surface area contributed by atoms with Crippen LogP contribution in [0.15, 0.2) is 16.6 Å². The van der Waals surface area contributed by atoms with Gasteiger partial charge in [-0.25, -0.2) is 4.79 Å². The Morgan fingerprint density at radius 1 is 1.67 bits per heavy atom. The van der Waals surface area contributed by atoms with Crippen LogP contribution in [-0.4, -0.2) is 25.8 Å². The minimum atomic E-state index is -1.05. The van der Waals surface area contributed by atoms with Gasteiger partial charge in [-0.3, -0.25) is 4.57 Å². The summed E-state index contributed by atoms with van der Waals surface area (Å²) in [6, 6.07) is 0. The topological polar surface area (TPSA) is 68.0 Å². The van der Waals surface area contributed by atoms with E-state index in [1.807, 2.05) is 0 Å². The van der Waals surface area contributed by atoms with Gasteiger partial charge in [0.15, 0.2) is 5.16 Å². The first-order valence-electron chi connectivity index (χ1n) is 3.20. The maximum absolute atomic E-state index is 10.6. The van der Waals surface area contributed by atoms with Gasteiger partial charge in [0, 0.05) is 4.91 Å². The zero-order valence-corrected chi connectivity index (χ0v) is 6.84. The molecule has 0 aromatic carbocycles. The van der Waals surface area contributed by atoms with E-state index < -0.39 is 5.97 Å². The summed E-state index contributed by atoms with van der Waals surface area (Å²) in [7, 11) is 0. The third-order valence-corrected chi connectivity index (χ3v) is 2.38. The monoisotopic (exact) mass is 183 g/mol. The molecule has 0 radical (unpaired) electrons.